The minimum absolute atomic E-state index is 0.167. The highest BCUT2D eigenvalue weighted by molar-refractivity contribution is 7.86. The molecule has 0 bridgehead atoms. The molecule has 1 atom stereocenters. The van der Waals surface area contributed by atoms with Crippen LogP contribution >= 0.6 is 0 Å². The molecular weight excluding hydrogens is 214 g/mol. The van der Waals surface area contributed by atoms with Gasteiger partial charge in [0.25, 0.3) is 0 Å². The van der Waals surface area contributed by atoms with Crippen molar-refractivity contribution in [3.05, 3.63) is 30.1 Å². The molecule has 1 heterocycles. The average Bonchev–Trinajstić information content (AvgIpc) is 2.18. The average molecular weight is 227 g/mol. The van der Waals surface area contributed by atoms with Gasteiger partial charge in [0, 0.05) is 17.0 Å². The molecule has 0 aliphatic carbocycles. The van der Waals surface area contributed by atoms with Crippen LogP contribution in [0.4, 0.5) is 0 Å². The molecule has 1 unspecified atom stereocenters. The molecule has 0 aromatic carbocycles. The molecule has 15 heavy (non-hydrogen) atoms. The summed E-state index contributed by atoms with van der Waals surface area (Å²) in [4.78, 5) is 14.8. The second-order valence-corrected chi connectivity index (χ2v) is 5.63. The molecular formula is C10H13NO3S. The van der Waals surface area contributed by atoms with Crippen LogP contribution in [0.2, 0.25) is 0 Å². The van der Waals surface area contributed by atoms with Crippen LogP contribution < -0.4 is 0 Å². The van der Waals surface area contributed by atoms with Crippen LogP contribution in [0.25, 0.3) is 0 Å². The number of carboxylic acid groups (broad SMARTS) is 1. The van der Waals surface area contributed by atoms with Gasteiger partial charge < -0.3 is 5.11 Å². The number of aromatic nitrogens is 1. The predicted octanol–water partition coefficient (Wildman–Crippen LogP) is 1.19. The third-order valence-corrected chi connectivity index (χ3v) is 3.96. The molecule has 0 fully saturated rings. The van der Waals surface area contributed by atoms with E-state index in [2.05, 4.69) is 4.98 Å². The summed E-state index contributed by atoms with van der Waals surface area (Å²) in [5.41, 5.74) is 0.644. The molecule has 5 heteroatoms. The Balaban J connectivity index is 2.77. The molecule has 0 saturated heterocycles. The number of pyridine rings is 1. The number of hydrogen-bond acceptors (Lipinski definition) is 3. The zero-order chi connectivity index (χ0) is 11.5. The van der Waals surface area contributed by atoms with Crippen molar-refractivity contribution >= 4 is 16.8 Å². The highest BCUT2D eigenvalue weighted by atomic mass is 32.2. The van der Waals surface area contributed by atoms with Gasteiger partial charge in [0.2, 0.25) is 0 Å². The fraction of sp³-hybridized carbons (Fsp3) is 0.400. The molecule has 4 nitrogen and oxygen atoms in total. The Morgan fingerprint density at radius 1 is 1.53 bits per heavy atom. The summed E-state index contributed by atoms with van der Waals surface area (Å²) in [6.07, 6.45) is 1.60. The first-order valence-electron chi connectivity index (χ1n) is 4.46. The summed E-state index contributed by atoms with van der Waals surface area (Å²) >= 11 is 0. The normalized spacial score (nSPS) is 13.5. The van der Waals surface area contributed by atoms with Gasteiger partial charge in [0.1, 0.15) is 4.75 Å². The highest BCUT2D eigenvalue weighted by Crippen LogP contribution is 2.16. The standard InChI is InChI=1S/C10H13NO3S/c1-10(2,9(12)13)15(14)7-8-5-3-4-6-11-8/h3-6H,7H2,1-2H3,(H,12,13). The van der Waals surface area contributed by atoms with Crippen LogP contribution in [-0.4, -0.2) is 25.0 Å². The maximum absolute atomic E-state index is 11.8. The molecule has 1 N–H and O–H groups in total. The molecule has 1 aromatic rings. The highest BCUT2D eigenvalue weighted by Gasteiger charge is 2.34. The number of hydrogen-bond donors (Lipinski definition) is 1. The van der Waals surface area contributed by atoms with E-state index in [9.17, 15) is 9.00 Å². The maximum Gasteiger partial charge on any atom is 0.321 e. The van der Waals surface area contributed by atoms with Gasteiger partial charge in [-0.05, 0) is 26.0 Å². The summed E-state index contributed by atoms with van der Waals surface area (Å²) in [5, 5.41) is 8.88. The number of rotatable bonds is 4. The minimum atomic E-state index is -1.47. The molecule has 0 aliphatic rings. The summed E-state index contributed by atoms with van der Waals surface area (Å²) in [5.74, 6) is -0.892. The van der Waals surface area contributed by atoms with Crippen LogP contribution in [0.5, 0.6) is 0 Å². The first kappa shape index (κ1) is 11.8. The molecule has 0 radical (unpaired) electrons. The number of carboxylic acids is 1. The van der Waals surface area contributed by atoms with E-state index in [4.69, 9.17) is 5.11 Å². The Labute approximate surface area is 90.8 Å². The van der Waals surface area contributed by atoms with E-state index in [1.807, 2.05) is 0 Å². The molecule has 1 aromatic heterocycles. The van der Waals surface area contributed by atoms with Crippen molar-refractivity contribution in [1.82, 2.24) is 4.98 Å². The lowest BCUT2D eigenvalue weighted by Crippen LogP contribution is -2.37. The van der Waals surface area contributed by atoms with Gasteiger partial charge in [0.05, 0.1) is 11.4 Å². The second-order valence-electron chi connectivity index (χ2n) is 3.63. The van der Waals surface area contributed by atoms with Crippen LogP contribution in [0.15, 0.2) is 24.4 Å². The van der Waals surface area contributed by atoms with E-state index in [-0.39, 0.29) is 5.75 Å². The van der Waals surface area contributed by atoms with E-state index in [0.29, 0.717) is 5.69 Å². The quantitative estimate of drug-likeness (QED) is 0.839. The molecule has 0 amide bonds. The van der Waals surface area contributed by atoms with Gasteiger partial charge in [0.15, 0.2) is 0 Å². The second kappa shape index (κ2) is 4.53. The Morgan fingerprint density at radius 3 is 2.67 bits per heavy atom. The summed E-state index contributed by atoms with van der Waals surface area (Å²) in [6, 6.07) is 5.28. The predicted molar refractivity (Wildman–Crippen MR) is 57.8 cm³/mol. The monoisotopic (exact) mass is 227 g/mol. The Bertz CT molecular complexity index is 376. The lowest BCUT2D eigenvalue weighted by Gasteiger charge is -2.17. The fourth-order valence-electron chi connectivity index (χ4n) is 0.896. The van der Waals surface area contributed by atoms with Gasteiger partial charge >= 0.3 is 5.97 Å². The summed E-state index contributed by atoms with van der Waals surface area (Å²) < 4.78 is 10.5. The van der Waals surface area contributed by atoms with Crippen molar-refractivity contribution in [2.24, 2.45) is 0 Å². The first-order chi connectivity index (χ1) is 6.94. The molecule has 0 saturated carbocycles. The zero-order valence-electron chi connectivity index (χ0n) is 8.64. The molecule has 0 aliphatic heterocycles. The van der Waals surface area contributed by atoms with Gasteiger partial charge in [-0.3, -0.25) is 14.0 Å². The van der Waals surface area contributed by atoms with Gasteiger partial charge in [-0.2, -0.15) is 0 Å². The van der Waals surface area contributed by atoms with Crippen molar-refractivity contribution < 1.29 is 14.1 Å². The van der Waals surface area contributed by atoms with E-state index in [1.54, 1.807) is 24.4 Å². The Morgan fingerprint density at radius 2 is 2.20 bits per heavy atom. The van der Waals surface area contributed by atoms with E-state index < -0.39 is 21.5 Å². The van der Waals surface area contributed by atoms with Crippen molar-refractivity contribution in [1.29, 1.82) is 0 Å². The Hall–Kier alpha value is -1.23. The van der Waals surface area contributed by atoms with Gasteiger partial charge in [-0.15, -0.1) is 0 Å². The van der Waals surface area contributed by atoms with Crippen LogP contribution in [0, 0.1) is 0 Å². The minimum Gasteiger partial charge on any atom is -0.480 e. The maximum atomic E-state index is 11.8. The number of carbonyl (C=O) groups is 1. The van der Waals surface area contributed by atoms with E-state index in [1.165, 1.54) is 13.8 Å². The molecule has 82 valence electrons. The zero-order valence-corrected chi connectivity index (χ0v) is 9.45. The lowest BCUT2D eigenvalue weighted by atomic mass is 10.2. The largest absolute Gasteiger partial charge is 0.480 e. The summed E-state index contributed by atoms with van der Waals surface area (Å²) in [7, 11) is -1.47. The third kappa shape index (κ3) is 2.86. The lowest BCUT2D eigenvalue weighted by molar-refractivity contribution is -0.139. The Kier molecular flexibility index (Phi) is 3.57. The SMILES string of the molecule is CC(C)(C(=O)O)S(=O)Cc1ccccn1. The number of nitrogens with zero attached hydrogens (tertiary/aromatic N) is 1. The third-order valence-electron chi connectivity index (χ3n) is 2.09. The van der Waals surface area contributed by atoms with Crippen LogP contribution in [-0.2, 0) is 21.3 Å². The van der Waals surface area contributed by atoms with Gasteiger partial charge in [-0.1, -0.05) is 6.07 Å². The van der Waals surface area contributed by atoms with Crippen molar-refractivity contribution in [3.8, 4) is 0 Å². The topological polar surface area (TPSA) is 67.3 Å². The van der Waals surface area contributed by atoms with Gasteiger partial charge in [-0.25, -0.2) is 0 Å². The smallest absolute Gasteiger partial charge is 0.321 e. The van der Waals surface area contributed by atoms with Crippen LogP contribution in [0.3, 0.4) is 0 Å². The van der Waals surface area contributed by atoms with E-state index >= 15 is 0 Å². The van der Waals surface area contributed by atoms with Crippen LogP contribution in [0.1, 0.15) is 19.5 Å². The van der Waals surface area contributed by atoms with Crippen molar-refractivity contribution in [2.75, 3.05) is 0 Å². The summed E-state index contributed by atoms with van der Waals surface area (Å²) in [6.45, 7) is 2.91. The number of aliphatic carboxylic acids is 1. The first-order valence-corrected chi connectivity index (χ1v) is 5.78. The van der Waals surface area contributed by atoms with Crippen molar-refractivity contribution in [3.63, 3.8) is 0 Å². The molecule has 0 spiro atoms. The van der Waals surface area contributed by atoms with Crippen molar-refractivity contribution in [2.45, 2.75) is 24.3 Å². The van der Waals surface area contributed by atoms with E-state index in [0.717, 1.165) is 0 Å². The molecule has 1 rings (SSSR count). The fourth-order valence-corrected chi connectivity index (χ4v) is 1.89.